The first-order chi connectivity index (χ1) is 47.6. The smallest absolute Gasteiger partial charge is 0.361 e. The van der Waals surface area contributed by atoms with Crippen molar-refractivity contribution in [1.29, 1.82) is 0 Å². The fraction of sp³-hybridized carbons (Fsp3) is 0.557. The van der Waals surface area contributed by atoms with Crippen molar-refractivity contribution in [2.45, 2.75) is 270 Å². The SMILES string of the molecule is CC/C=C\C/C=C\C/C=C\C/C=C\C/C=C\C/C=C\C/C=C\C/C=C\C/C=C\C/C=C\CCCCCCCCC(=O)OC(COC(=O)CCCCCCCCCCCC/C=C\C/C=C\C/C=C\C/C=C\C/C=C\C/C=C\C/C=C\C/C=C\CC)COC(OCC[N+](C)(C)C)C(=O)O. The van der Waals surface area contributed by atoms with E-state index >= 15 is 0 Å². The molecular weight excluding hydrogens is 1200 g/mol. The molecule has 0 aliphatic rings. The predicted molar refractivity (Wildman–Crippen MR) is 418 cm³/mol. The van der Waals surface area contributed by atoms with E-state index in [1.165, 1.54) is 38.5 Å². The van der Waals surface area contributed by atoms with Crippen molar-refractivity contribution in [1.82, 2.24) is 0 Å². The zero-order valence-electron chi connectivity index (χ0n) is 61.9. The summed E-state index contributed by atoms with van der Waals surface area (Å²) in [4.78, 5) is 37.7. The molecule has 0 aliphatic heterocycles. The van der Waals surface area contributed by atoms with E-state index in [1.54, 1.807) is 0 Å². The molecule has 0 saturated carbocycles. The summed E-state index contributed by atoms with van der Waals surface area (Å²) in [5.41, 5.74) is 0. The number of unbranched alkanes of at least 4 members (excludes halogenated alkanes) is 16. The van der Waals surface area contributed by atoms with Crippen LogP contribution in [0.25, 0.3) is 0 Å². The molecule has 2 unspecified atom stereocenters. The number of rotatable bonds is 67. The summed E-state index contributed by atoms with van der Waals surface area (Å²) in [6.45, 7) is 4.60. The second-order valence-corrected chi connectivity index (χ2v) is 25.5. The van der Waals surface area contributed by atoms with E-state index in [2.05, 4.69) is 233 Å². The van der Waals surface area contributed by atoms with Gasteiger partial charge in [-0.1, -0.05) is 310 Å². The van der Waals surface area contributed by atoms with Gasteiger partial charge in [0, 0.05) is 12.8 Å². The number of nitrogens with zero attached hydrogens (tertiary/aromatic N) is 1. The Bertz CT molecular complexity index is 2400. The quantitative estimate of drug-likeness (QED) is 0.0211. The Labute approximate surface area is 594 Å². The van der Waals surface area contributed by atoms with E-state index in [1.807, 2.05) is 21.1 Å². The number of quaternary nitrogens is 1. The first-order valence-corrected chi connectivity index (χ1v) is 37.9. The number of likely N-dealkylation sites (N-methyl/N-ethyl adjacent to an activating group) is 1. The second kappa shape index (κ2) is 75.4. The Hall–Kier alpha value is -6.39. The van der Waals surface area contributed by atoms with Gasteiger partial charge in [-0.05, 0) is 154 Å². The molecule has 0 bridgehead atoms. The number of esters is 2. The average molecular weight is 1340 g/mol. The van der Waals surface area contributed by atoms with Gasteiger partial charge >= 0.3 is 17.9 Å². The normalized spacial score (nSPS) is 13.9. The van der Waals surface area contributed by atoms with Gasteiger partial charge in [-0.3, -0.25) is 9.59 Å². The van der Waals surface area contributed by atoms with Crippen LogP contribution in [0.5, 0.6) is 0 Å². The zero-order chi connectivity index (χ0) is 70.4. The van der Waals surface area contributed by atoms with Crippen molar-refractivity contribution in [2.24, 2.45) is 0 Å². The maximum atomic E-state index is 13.0. The molecule has 0 aromatic carbocycles. The molecule has 0 heterocycles. The van der Waals surface area contributed by atoms with Gasteiger partial charge < -0.3 is 28.5 Å². The Morgan fingerprint density at radius 1 is 0.309 bits per heavy atom. The molecule has 0 fully saturated rings. The number of carbonyl (C=O) groups excluding carboxylic acids is 2. The molecule has 0 spiro atoms. The number of hydrogen-bond donors (Lipinski definition) is 1. The Balaban J connectivity index is 4.22. The summed E-state index contributed by atoms with van der Waals surface area (Å²) >= 11 is 0. The van der Waals surface area contributed by atoms with Crippen LogP contribution in [-0.2, 0) is 33.3 Å². The molecule has 0 rings (SSSR count). The Kier molecular flexibility index (Phi) is 70.4. The molecule has 542 valence electrons. The number of carboxylic acid groups (broad SMARTS) is 1. The van der Waals surface area contributed by atoms with Gasteiger partial charge in [0.05, 0.1) is 34.4 Å². The molecule has 97 heavy (non-hydrogen) atoms. The van der Waals surface area contributed by atoms with Crippen molar-refractivity contribution >= 4 is 17.9 Å². The van der Waals surface area contributed by atoms with Crippen molar-refractivity contribution < 1.29 is 42.9 Å². The molecule has 2 atom stereocenters. The van der Waals surface area contributed by atoms with Crippen LogP contribution >= 0.6 is 0 Å². The van der Waals surface area contributed by atoms with Crippen molar-refractivity contribution in [3.63, 3.8) is 0 Å². The highest BCUT2D eigenvalue weighted by molar-refractivity contribution is 5.71. The van der Waals surface area contributed by atoms with Crippen LogP contribution in [0.3, 0.4) is 0 Å². The molecule has 9 nitrogen and oxygen atoms in total. The van der Waals surface area contributed by atoms with E-state index in [0.29, 0.717) is 17.4 Å². The van der Waals surface area contributed by atoms with Crippen LogP contribution in [0, 0.1) is 0 Å². The number of hydrogen-bond acceptors (Lipinski definition) is 7. The number of aliphatic carboxylic acids is 1. The number of carboxylic acids is 1. The number of ether oxygens (including phenoxy) is 4. The maximum absolute atomic E-state index is 13.0. The summed E-state index contributed by atoms with van der Waals surface area (Å²) in [6, 6.07) is 0. The summed E-state index contributed by atoms with van der Waals surface area (Å²) in [5, 5.41) is 9.77. The van der Waals surface area contributed by atoms with Gasteiger partial charge in [0.25, 0.3) is 6.29 Å². The minimum absolute atomic E-state index is 0.172. The van der Waals surface area contributed by atoms with Crippen LogP contribution in [0.2, 0.25) is 0 Å². The van der Waals surface area contributed by atoms with E-state index in [-0.39, 0.29) is 38.6 Å². The van der Waals surface area contributed by atoms with E-state index in [0.717, 1.165) is 186 Å². The monoisotopic (exact) mass is 1340 g/mol. The zero-order valence-corrected chi connectivity index (χ0v) is 61.9. The summed E-state index contributed by atoms with van der Waals surface area (Å²) in [5.74, 6) is -2.05. The third kappa shape index (κ3) is 76.8. The van der Waals surface area contributed by atoms with E-state index in [9.17, 15) is 19.5 Å². The van der Waals surface area contributed by atoms with Crippen LogP contribution in [0.4, 0.5) is 0 Å². The van der Waals surface area contributed by atoms with Crippen LogP contribution in [0.1, 0.15) is 258 Å². The lowest BCUT2D eigenvalue weighted by Gasteiger charge is -2.25. The third-order valence-corrected chi connectivity index (χ3v) is 15.2. The highest BCUT2D eigenvalue weighted by Crippen LogP contribution is 2.15. The van der Waals surface area contributed by atoms with Crippen LogP contribution < -0.4 is 0 Å². The summed E-state index contributed by atoms with van der Waals surface area (Å²) < 4.78 is 23.0. The Morgan fingerprint density at radius 3 is 0.825 bits per heavy atom. The summed E-state index contributed by atoms with van der Waals surface area (Å²) in [6.07, 6.45) is 116. The molecule has 0 aliphatic carbocycles. The van der Waals surface area contributed by atoms with Gasteiger partial charge in [0.15, 0.2) is 6.10 Å². The second-order valence-electron chi connectivity index (χ2n) is 25.5. The van der Waals surface area contributed by atoms with E-state index in [4.69, 9.17) is 18.9 Å². The molecule has 1 N–H and O–H groups in total. The highest BCUT2D eigenvalue weighted by atomic mass is 16.7. The minimum atomic E-state index is -1.53. The lowest BCUT2D eigenvalue weighted by molar-refractivity contribution is -0.870. The number of allylic oxidation sites excluding steroid dienone is 36. The predicted octanol–water partition coefficient (Wildman–Crippen LogP) is 24.5. The lowest BCUT2D eigenvalue weighted by atomic mass is 10.1. The topological polar surface area (TPSA) is 108 Å². The van der Waals surface area contributed by atoms with Gasteiger partial charge in [0.2, 0.25) is 0 Å². The first-order valence-electron chi connectivity index (χ1n) is 37.9. The third-order valence-electron chi connectivity index (χ3n) is 15.2. The fourth-order valence-electron chi connectivity index (χ4n) is 9.53. The maximum Gasteiger partial charge on any atom is 0.361 e. The van der Waals surface area contributed by atoms with Gasteiger partial charge in [-0.2, -0.15) is 0 Å². The van der Waals surface area contributed by atoms with E-state index < -0.39 is 24.3 Å². The fourth-order valence-corrected chi connectivity index (χ4v) is 9.53. The standard InChI is InChI=1S/C88H137NO8/c1-6-8-10-12-14-16-18-20-22-24-26-28-30-32-34-36-38-40-42-43-45-47-49-51-53-55-57-59-61-63-65-67-69-71-73-75-77-79-86(91)97-84(83-96-88(87(92)93)94-81-80-89(3,4)5)82-95-85(90)78-76-74-72-70-68-66-64-62-60-58-56-54-52-50-48-46-44-41-39-37-35-33-31-29-27-25-23-21-19-17-15-13-11-9-7-2/h8-11,14-17,20-23,26-29,32-35,38-41,43,45-46,48-49,51-52,54-55,57,61,63,84,88H,6-7,12-13,18-19,24-25,30-31,36-37,42,44,47,50,53,56,58-60,62,64-83H2,1-5H3/p+1/b10-8-,11-9-,16-14-,17-15-,22-20-,23-21-,28-26-,29-27-,34-32-,35-33-,40-38-,41-39-,45-43-,48-46-,51-49-,54-52-,57-55-,63-61-. The van der Waals surface area contributed by atoms with Gasteiger partial charge in [-0.25, -0.2) is 4.79 Å². The lowest BCUT2D eigenvalue weighted by Crippen LogP contribution is -2.40. The van der Waals surface area contributed by atoms with Crippen LogP contribution in [0.15, 0.2) is 219 Å². The van der Waals surface area contributed by atoms with Crippen molar-refractivity contribution in [2.75, 3.05) is 47.5 Å². The molecule has 0 amide bonds. The molecule has 0 saturated heterocycles. The van der Waals surface area contributed by atoms with Crippen molar-refractivity contribution in [3.05, 3.63) is 219 Å². The first kappa shape index (κ1) is 90.6. The summed E-state index contributed by atoms with van der Waals surface area (Å²) in [7, 11) is 5.96. The molecule has 0 aromatic rings. The molecule has 0 radical (unpaired) electrons. The molecule has 0 aromatic heterocycles. The number of carbonyl (C=O) groups is 3. The highest BCUT2D eigenvalue weighted by Gasteiger charge is 2.25. The van der Waals surface area contributed by atoms with Gasteiger partial charge in [-0.15, -0.1) is 0 Å². The van der Waals surface area contributed by atoms with Crippen LogP contribution in [-0.4, -0.2) is 87.4 Å². The Morgan fingerprint density at radius 2 is 0.557 bits per heavy atom. The average Bonchev–Trinajstić information content (AvgIpc) is 3.11. The van der Waals surface area contributed by atoms with Crippen molar-refractivity contribution in [3.8, 4) is 0 Å². The molecular formula is C88H138NO8+. The largest absolute Gasteiger partial charge is 0.477 e. The van der Waals surface area contributed by atoms with Gasteiger partial charge in [0.1, 0.15) is 13.2 Å². The molecule has 9 heteroatoms. The minimum Gasteiger partial charge on any atom is -0.477 e.